The van der Waals surface area contributed by atoms with Crippen molar-refractivity contribution in [2.45, 2.75) is 25.2 Å². The summed E-state index contributed by atoms with van der Waals surface area (Å²) in [6.45, 7) is 2.93. The second kappa shape index (κ2) is 5.31. The maximum Gasteiger partial charge on any atom is 0.129 e. The number of hydrogen-bond donors (Lipinski definition) is 0. The number of Topliss-reactive ketones (excluding diaryl/α,β-unsaturated/α-hetero) is 1. The lowest BCUT2D eigenvalue weighted by Crippen LogP contribution is -2.24. The van der Waals surface area contributed by atoms with Crippen molar-refractivity contribution in [3.8, 4) is 0 Å². The Morgan fingerprint density at radius 3 is 2.75 bits per heavy atom. The maximum absolute atomic E-state index is 11.6. The third kappa shape index (κ3) is 2.95. The van der Waals surface area contributed by atoms with Crippen molar-refractivity contribution in [2.24, 2.45) is 0 Å². The molecular weight excluding hydrogens is 197 g/mol. The van der Waals surface area contributed by atoms with E-state index < -0.39 is 0 Å². The number of benzene rings is 1. The van der Waals surface area contributed by atoms with Gasteiger partial charge in [0.1, 0.15) is 13.6 Å². The third-order valence-electron chi connectivity index (χ3n) is 3.35. The lowest BCUT2D eigenvalue weighted by atomic mass is 9.80. The predicted molar refractivity (Wildman–Crippen MR) is 68.3 cm³/mol. The van der Waals surface area contributed by atoms with Crippen molar-refractivity contribution in [2.75, 3.05) is 13.1 Å². The van der Waals surface area contributed by atoms with Gasteiger partial charge in [-0.2, -0.15) is 0 Å². The Kier molecular flexibility index (Phi) is 3.78. The fraction of sp³-hybridized carbons (Fsp3) is 0.462. The summed E-state index contributed by atoms with van der Waals surface area (Å²) in [6.07, 6.45) is 1.72. The Morgan fingerprint density at radius 2 is 2.00 bits per heavy atom. The molecule has 2 nitrogen and oxygen atoms in total. The van der Waals surface area contributed by atoms with E-state index in [4.69, 9.17) is 0 Å². The number of ketones is 1. The molecule has 0 amide bonds. The van der Waals surface area contributed by atoms with Crippen LogP contribution in [0.25, 0.3) is 0 Å². The monoisotopic (exact) mass is 215 g/mol. The molecule has 0 saturated carbocycles. The third-order valence-corrected chi connectivity index (χ3v) is 3.35. The standard InChI is InChI=1S/C13H18BNO/c14-12-6-8-15(9-7-13(12)16)10-11-4-2-1-3-5-11/h1-5,12H,6-10,14H2. The summed E-state index contributed by atoms with van der Waals surface area (Å²) >= 11 is 0. The SMILES string of the molecule is BC1CCN(Cc2ccccc2)CCC1=O. The number of carbonyl (C=O) groups excluding carboxylic acids is 1. The van der Waals surface area contributed by atoms with Gasteiger partial charge in [-0.3, -0.25) is 4.90 Å². The zero-order valence-corrected chi connectivity index (χ0v) is 9.86. The van der Waals surface area contributed by atoms with Crippen LogP contribution in [0.3, 0.4) is 0 Å². The van der Waals surface area contributed by atoms with Crippen molar-refractivity contribution in [1.82, 2.24) is 4.90 Å². The zero-order chi connectivity index (χ0) is 11.4. The Balaban J connectivity index is 1.94. The van der Waals surface area contributed by atoms with Gasteiger partial charge < -0.3 is 4.79 Å². The van der Waals surface area contributed by atoms with Gasteiger partial charge in [-0.05, 0) is 24.3 Å². The number of carbonyl (C=O) groups is 1. The molecule has 1 fully saturated rings. The summed E-state index contributed by atoms with van der Waals surface area (Å²) in [5, 5.41) is 0. The normalized spacial score (nSPS) is 23.0. The first-order chi connectivity index (χ1) is 7.75. The molecule has 1 saturated heterocycles. The summed E-state index contributed by atoms with van der Waals surface area (Å²) in [7, 11) is 2.05. The van der Waals surface area contributed by atoms with Crippen LogP contribution in [0.4, 0.5) is 0 Å². The first kappa shape index (κ1) is 11.4. The van der Waals surface area contributed by atoms with E-state index in [-0.39, 0.29) is 5.82 Å². The number of likely N-dealkylation sites (tertiary alicyclic amines) is 1. The van der Waals surface area contributed by atoms with E-state index in [0.29, 0.717) is 12.2 Å². The molecule has 1 aliphatic heterocycles. The van der Waals surface area contributed by atoms with Gasteiger partial charge in [0.25, 0.3) is 0 Å². The van der Waals surface area contributed by atoms with Crippen LogP contribution in [0.1, 0.15) is 18.4 Å². The van der Waals surface area contributed by atoms with E-state index in [1.165, 1.54) is 5.56 Å². The molecule has 84 valence electrons. The highest BCUT2D eigenvalue weighted by Gasteiger charge is 2.20. The molecule has 1 atom stereocenters. The Labute approximate surface area is 98.1 Å². The fourth-order valence-corrected chi connectivity index (χ4v) is 2.16. The van der Waals surface area contributed by atoms with E-state index in [1.54, 1.807) is 0 Å². The molecule has 16 heavy (non-hydrogen) atoms. The summed E-state index contributed by atoms with van der Waals surface area (Å²) < 4.78 is 0. The number of nitrogens with zero attached hydrogens (tertiary/aromatic N) is 1. The van der Waals surface area contributed by atoms with E-state index >= 15 is 0 Å². The average molecular weight is 215 g/mol. The smallest absolute Gasteiger partial charge is 0.129 e. The van der Waals surface area contributed by atoms with Crippen molar-refractivity contribution in [1.29, 1.82) is 0 Å². The minimum Gasteiger partial charge on any atom is -0.300 e. The molecule has 1 unspecified atom stereocenters. The molecule has 1 aromatic rings. The van der Waals surface area contributed by atoms with Gasteiger partial charge >= 0.3 is 0 Å². The summed E-state index contributed by atoms with van der Waals surface area (Å²) in [6, 6.07) is 10.5. The first-order valence-corrected chi connectivity index (χ1v) is 6.04. The van der Waals surface area contributed by atoms with E-state index in [9.17, 15) is 4.79 Å². The summed E-state index contributed by atoms with van der Waals surface area (Å²) in [4.78, 5) is 14.0. The Morgan fingerprint density at radius 1 is 1.25 bits per heavy atom. The van der Waals surface area contributed by atoms with Gasteiger partial charge in [-0.1, -0.05) is 30.3 Å². The van der Waals surface area contributed by atoms with Crippen molar-refractivity contribution < 1.29 is 4.79 Å². The Bertz CT molecular complexity index is 352. The number of hydrogen-bond acceptors (Lipinski definition) is 2. The van der Waals surface area contributed by atoms with Crippen molar-refractivity contribution in [3.63, 3.8) is 0 Å². The molecule has 0 spiro atoms. The minimum absolute atomic E-state index is 0.251. The molecule has 0 radical (unpaired) electrons. The minimum atomic E-state index is 0.251. The fourth-order valence-electron chi connectivity index (χ4n) is 2.16. The molecule has 1 aliphatic rings. The topological polar surface area (TPSA) is 20.3 Å². The molecule has 0 N–H and O–H groups in total. The van der Waals surface area contributed by atoms with Gasteiger partial charge in [0, 0.05) is 19.5 Å². The van der Waals surface area contributed by atoms with Crippen LogP contribution < -0.4 is 0 Å². The van der Waals surface area contributed by atoms with Crippen LogP contribution in [0, 0.1) is 0 Å². The van der Waals surface area contributed by atoms with E-state index in [2.05, 4.69) is 29.2 Å². The highest BCUT2D eigenvalue weighted by Crippen LogP contribution is 2.17. The summed E-state index contributed by atoms with van der Waals surface area (Å²) in [5.41, 5.74) is 1.34. The maximum atomic E-state index is 11.6. The largest absolute Gasteiger partial charge is 0.300 e. The molecule has 3 heteroatoms. The lowest BCUT2D eigenvalue weighted by Gasteiger charge is -2.19. The van der Waals surface area contributed by atoms with Crippen LogP contribution in [-0.2, 0) is 11.3 Å². The quantitative estimate of drug-likeness (QED) is 0.692. The van der Waals surface area contributed by atoms with Crippen LogP contribution in [0.2, 0.25) is 5.82 Å². The van der Waals surface area contributed by atoms with Crippen LogP contribution in [0.15, 0.2) is 30.3 Å². The van der Waals surface area contributed by atoms with E-state index in [0.717, 1.165) is 26.1 Å². The second-order valence-electron chi connectivity index (χ2n) is 4.67. The lowest BCUT2D eigenvalue weighted by molar-refractivity contribution is -0.118. The van der Waals surface area contributed by atoms with Gasteiger partial charge in [-0.25, -0.2) is 0 Å². The zero-order valence-electron chi connectivity index (χ0n) is 9.86. The van der Waals surface area contributed by atoms with Gasteiger partial charge in [0.2, 0.25) is 0 Å². The predicted octanol–water partition coefficient (Wildman–Crippen LogP) is 1.27. The number of rotatable bonds is 2. The average Bonchev–Trinajstić information content (AvgIpc) is 2.46. The van der Waals surface area contributed by atoms with Crippen molar-refractivity contribution in [3.05, 3.63) is 35.9 Å². The van der Waals surface area contributed by atoms with Crippen LogP contribution in [0.5, 0.6) is 0 Å². The van der Waals surface area contributed by atoms with Crippen LogP contribution >= 0.6 is 0 Å². The van der Waals surface area contributed by atoms with E-state index in [1.807, 2.05) is 13.9 Å². The first-order valence-electron chi connectivity index (χ1n) is 6.04. The Hall–Kier alpha value is -1.09. The highest BCUT2D eigenvalue weighted by atomic mass is 16.1. The highest BCUT2D eigenvalue weighted by molar-refractivity contribution is 6.24. The molecule has 0 aromatic heterocycles. The molecule has 0 aliphatic carbocycles. The van der Waals surface area contributed by atoms with Crippen molar-refractivity contribution >= 4 is 13.6 Å². The summed E-state index contributed by atoms with van der Waals surface area (Å²) in [5.74, 6) is 0.677. The molecular formula is C13H18BNO. The second-order valence-corrected chi connectivity index (χ2v) is 4.67. The molecule has 1 heterocycles. The molecule has 2 rings (SSSR count). The molecule has 0 bridgehead atoms. The van der Waals surface area contributed by atoms with Gasteiger partial charge in [-0.15, -0.1) is 0 Å². The van der Waals surface area contributed by atoms with Gasteiger partial charge in [0.15, 0.2) is 0 Å². The van der Waals surface area contributed by atoms with Crippen LogP contribution in [-0.4, -0.2) is 31.6 Å². The van der Waals surface area contributed by atoms with Gasteiger partial charge in [0.05, 0.1) is 0 Å². The molecule has 1 aromatic carbocycles.